The molecule has 25 heavy (non-hydrogen) atoms. The minimum atomic E-state index is -0.965. The molecule has 2 N–H and O–H groups in total. The average Bonchev–Trinajstić information content (AvgIpc) is 2.57. The van der Waals surface area contributed by atoms with Crippen LogP contribution < -0.4 is 20.6 Å². The van der Waals surface area contributed by atoms with Crippen LogP contribution in [0.2, 0.25) is 0 Å². The Morgan fingerprint density at radius 3 is 2.64 bits per heavy atom. The Morgan fingerprint density at radius 2 is 2.04 bits per heavy atom. The third-order valence-electron chi connectivity index (χ3n) is 2.96. The highest BCUT2D eigenvalue weighted by Crippen LogP contribution is 2.34. The Bertz CT molecular complexity index is 674. The van der Waals surface area contributed by atoms with Crippen LogP contribution in [0, 0.1) is 10.1 Å². The van der Waals surface area contributed by atoms with Gasteiger partial charge in [0, 0.05) is 23.9 Å². The SMILES string of the molecule is CCCCNC(=O)C(=O)N/N=C\c1cc(OCC)c([O-])c([N+](=O)[O-])c1. The lowest BCUT2D eigenvalue weighted by atomic mass is 10.2. The summed E-state index contributed by atoms with van der Waals surface area (Å²) in [5.74, 6) is -2.83. The minimum Gasteiger partial charge on any atom is -0.865 e. The van der Waals surface area contributed by atoms with Gasteiger partial charge < -0.3 is 15.2 Å². The molecule has 0 aliphatic heterocycles. The van der Waals surface area contributed by atoms with Crippen LogP contribution in [-0.2, 0) is 9.59 Å². The molecule has 1 aromatic carbocycles. The first-order valence-corrected chi connectivity index (χ1v) is 7.64. The summed E-state index contributed by atoms with van der Waals surface area (Å²) in [4.78, 5) is 33.0. The van der Waals surface area contributed by atoms with Crippen molar-refractivity contribution >= 4 is 23.7 Å². The lowest BCUT2D eigenvalue weighted by Crippen LogP contribution is -2.38. The minimum absolute atomic E-state index is 0.154. The van der Waals surface area contributed by atoms with Gasteiger partial charge in [-0.05, 0) is 19.4 Å². The molecule has 1 rings (SSSR count). The zero-order valence-electron chi connectivity index (χ0n) is 13.9. The van der Waals surface area contributed by atoms with Crippen LogP contribution in [0.15, 0.2) is 17.2 Å². The third-order valence-corrected chi connectivity index (χ3v) is 2.96. The highest BCUT2D eigenvalue weighted by molar-refractivity contribution is 6.35. The lowest BCUT2D eigenvalue weighted by Gasteiger charge is -2.14. The fraction of sp³-hybridized carbons (Fsp3) is 0.400. The van der Waals surface area contributed by atoms with Crippen LogP contribution >= 0.6 is 0 Å². The fourth-order valence-electron chi connectivity index (χ4n) is 1.76. The van der Waals surface area contributed by atoms with E-state index < -0.39 is 28.2 Å². The molecule has 0 aliphatic rings. The molecule has 0 unspecified atom stereocenters. The fourth-order valence-corrected chi connectivity index (χ4v) is 1.76. The number of nitro groups is 1. The van der Waals surface area contributed by atoms with Crippen molar-refractivity contribution in [2.45, 2.75) is 26.7 Å². The molecule has 0 radical (unpaired) electrons. The van der Waals surface area contributed by atoms with Crippen LogP contribution in [0.1, 0.15) is 32.3 Å². The normalized spacial score (nSPS) is 10.5. The summed E-state index contributed by atoms with van der Waals surface area (Å²) in [5.41, 5.74) is 1.50. The standard InChI is InChI=1S/C15H20N4O6/c1-3-5-6-16-14(21)15(22)18-17-9-10-7-11(19(23)24)13(20)12(8-10)25-4-2/h7-9,20H,3-6H2,1-2H3,(H,16,21)(H,18,22)/p-1/b17-9-. The van der Waals surface area contributed by atoms with Crippen molar-refractivity contribution in [3.63, 3.8) is 0 Å². The molecule has 10 nitrogen and oxygen atoms in total. The van der Waals surface area contributed by atoms with Gasteiger partial charge in [-0.2, -0.15) is 5.10 Å². The van der Waals surface area contributed by atoms with Crippen molar-refractivity contribution < 1.29 is 24.4 Å². The van der Waals surface area contributed by atoms with E-state index in [1.807, 2.05) is 12.3 Å². The molecule has 2 amide bonds. The molecule has 1 aromatic rings. The van der Waals surface area contributed by atoms with E-state index in [0.29, 0.717) is 6.54 Å². The van der Waals surface area contributed by atoms with Gasteiger partial charge in [-0.1, -0.05) is 13.3 Å². The maximum atomic E-state index is 11.8. The zero-order valence-corrected chi connectivity index (χ0v) is 13.9. The number of nitrogens with zero attached hydrogens (tertiary/aromatic N) is 2. The van der Waals surface area contributed by atoms with E-state index in [2.05, 4.69) is 10.4 Å². The number of rotatable bonds is 8. The Balaban J connectivity index is 2.81. The number of carbonyl (C=O) groups excluding carboxylic acids is 2. The first-order chi connectivity index (χ1) is 11.9. The number of nitrogens with one attached hydrogen (secondary N) is 2. The number of amides is 2. The Hall–Kier alpha value is -3.17. The molecule has 0 spiro atoms. The maximum Gasteiger partial charge on any atom is 0.329 e. The van der Waals surface area contributed by atoms with Gasteiger partial charge in [0.25, 0.3) is 5.69 Å². The number of nitro benzene ring substituents is 1. The summed E-state index contributed by atoms with van der Waals surface area (Å²) in [6.07, 6.45) is 2.69. The number of hydrazone groups is 1. The van der Waals surface area contributed by atoms with E-state index in [4.69, 9.17) is 4.74 Å². The van der Waals surface area contributed by atoms with Crippen molar-refractivity contribution in [3.8, 4) is 11.5 Å². The number of unbranched alkanes of at least 4 members (excludes halogenated alkanes) is 1. The predicted molar refractivity (Wildman–Crippen MR) is 87.4 cm³/mol. The highest BCUT2D eigenvalue weighted by atomic mass is 16.6. The lowest BCUT2D eigenvalue weighted by molar-refractivity contribution is -0.398. The molecule has 0 fully saturated rings. The van der Waals surface area contributed by atoms with Crippen molar-refractivity contribution in [2.24, 2.45) is 5.10 Å². The van der Waals surface area contributed by atoms with Crippen LogP contribution in [0.3, 0.4) is 0 Å². The molecule has 136 valence electrons. The summed E-state index contributed by atoms with van der Waals surface area (Å²) in [5, 5.41) is 28.7. The molecular weight excluding hydrogens is 332 g/mol. The summed E-state index contributed by atoms with van der Waals surface area (Å²) in [6, 6.07) is 2.26. The predicted octanol–water partition coefficient (Wildman–Crippen LogP) is 0.434. The van der Waals surface area contributed by atoms with Gasteiger partial charge in [0.15, 0.2) is 0 Å². The summed E-state index contributed by atoms with van der Waals surface area (Å²) < 4.78 is 5.06. The molecule has 0 aliphatic carbocycles. The van der Waals surface area contributed by atoms with Crippen LogP contribution in [0.25, 0.3) is 0 Å². The van der Waals surface area contributed by atoms with E-state index in [1.54, 1.807) is 6.92 Å². The second-order valence-electron chi connectivity index (χ2n) is 4.87. The molecule has 0 atom stereocenters. The molecule has 0 bridgehead atoms. The highest BCUT2D eigenvalue weighted by Gasteiger charge is 2.14. The maximum absolute atomic E-state index is 11.8. The number of carbonyl (C=O) groups is 2. The first kappa shape index (κ1) is 19.9. The molecule has 10 heteroatoms. The van der Waals surface area contributed by atoms with Crippen molar-refractivity contribution in [1.29, 1.82) is 0 Å². The first-order valence-electron chi connectivity index (χ1n) is 7.64. The number of benzene rings is 1. The molecular formula is C15H19N4O6-. The molecule has 0 aromatic heterocycles. The van der Waals surface area contributed by atoms with Crippen LogP contribution in [-0.4, -0.2) is 36.1 Å². The average molecular weight is 351 g/mol. The van der Waals surface area contributed by atoms with E-state index in [1.165, 1.54) is 6.07 Å². The second-order valence-corrected chi connectivity index (χ2v) is 4.87. The number of hydrogen-bond donors (Lipinski definition) is 2. The largest absolute Gasteiger partial charge is 0.865 e. The van der Waals surface area contributed by atoms with Gasteiger partial charge in [0.1, 0.15) is 5.75 Å². The molecule has 0 saturated carbocycles. The van der Waals surface area contributed by atoms with Crippen LogP contribution in [0.5, 0.6) is 11.5 Å². The van der Waals surface area contributed by atoms with Crippen LogP contribution in [0.4, 0.5) is 5.69 Å². The quantitative estimate of drug-likeness (QED) is 0.228. The van der Waals surface area contributed by atoms with Crippen molar-refractivity contribution in [1.82, 2.24) is 10.7 Å². The Labute approximate surface area is 144 Å². The van der Waals surface area contributed by atoms with E-state index in [9.17, 15) is 24.8 Å². The van der Waals surface area contributed by atoms with E-state index >= 15 is 0 Å². The van der Waals surface area contributed by atoms with Gasteiger partial charge in [0.05, 0.1) is 17.7 Å². The summed E-state index contributed by atoms with van der Waals surface area (Å²) >= 11 is 0. The van der Waals surface area contributed by atoms with Gasteiger partial charge in [-0.15, -0.1) is 0 Å². The second kappa shape index (κ2) is 9.85. The topological polar surface area (TPSA) is 146 Å². The Morgan fingerprint density at radius 1 is 1.32 bits per heavy atom. The van der Waals surface area contributed by atoms with E-state index in [-0.39, 0.29) is 17.9 Å². The van der Waals surface area contributed by atoms with Gasteiger partial charge in [-0.25, -0.2) is 5.43 Å². The number of ether oxygens (including phenoxy) is 1. The Kier molecular flexibility index (Phi) is 7.83. The summed E-state index contributed by atoms with van der Waals surface area (Å²) in [7, 11) is 0. The van der Waals surface area contributed by atoms with Crippen molar-refractivity contribution in [3.05, 3.63) is 27.8 Å². The zero-order chi connectivity index (χ0) is 18.8. The van der Waals surface area contributed by atoms with E-state index in [0.717, 1.165) is 25.1 Å². The summed E-state index contributed by atoms with van der Waals surface area (Å²) in [6.45, 7) is 4.10. The van der Waals surface area contributed by atoms with Crippen molar-refractivity contribution in [2.75, 3.05) is 13.2 Å². The smallest absolute Gasteiger partial charge is 0.329 e. The number of hydrogen-bond acceptors (Lipinski definition) is 7. The third kappa shape index (κ3) is 6.09. The molecule has 0 saturated heterocycles. The molecule has 0 heterocycles. The van der Waals surface area contributed by atoms with Gasteiger partial charge in [0.2, 0.25) is 0 Å². The van der Waals surface area contributed by atoms with Gasteiger partial charge >= 0.3 is 11.8 Å². The van der Waals surface area contributed by atoms with Gasteiger partial charge in [-0.3, -0.25) is 19.7 Å². The monoisotopic (exact) mass is 351 g/mol.